The molecule has 0 bridgehead atoms. The zero-order chi connectivity index (χ0) is 31.4. The molecular formula is C39H29B3N2O2. The Hall–Kier alpha value is -5.10. The van der Waals surface area contributed by atoms with Crippen molar-refractivity contribution in [1.82, 2.24) is 9.55 Å². The minimum Gasteiger partial charge on any atom is -0.375 e. The molecule has 1 aliphatic rings. The third kappa shape index (κ3) is 3.58. The van der Waals surface area contributed by atoms with Crippen molar-refractivity contribution >= 4 is 66.9 Å². The molecule has 0 amide bonds. The Morgan fingerprint density at radius 1 is 0.500 bits per heavy atom. The Kier molecular flexibility index (Phi) is 5.60. The number of aliphatic hydroxyl groups is 2. The zero-order valence-electron chi connectivity index (χ0n) is 25.9. The molecular weight excluding hydrogens is 561 g/mol. The maximum Gasteiger partial charge on any atom is 0.177 e. The minimum atomic E-state index is -2.01. The average molecular weight is 590 g/mol. The van der Waals surface area contributed by atoms with Gasteiger partial charge in [0.2, 0.25) is 0 Å². The maximum atomic E-state index is 11.0. The molecule has 2 N–H and O–H groups in total. The number of rotatable bonds is 4. The first-order chi connectivity index (χ1) is 22.3. The number of hydrogen-bond donors (Lipinski definition) is 2. The molecule has 46 heavy (non-hydrogen) atoms. The van der Waals surface area contributed by atoms with Crippen LogP contribution < -0.4 is 0 Å². The van der Waals surface area contributed by atoms with Gasteiger partial charge in [-0.1, -0.05) is 115 Å². The fraction of sp³-hybridized carbons (Fsp3) is 0.0513. The van der Waals surface area contributed by atoms with Gasteiger partial charge in [-0.2, -0.15) is 0 Å². The van der Waals surface area contributed by atoms with Gasteiger partial charge in [-0.25, -0.2) is 4.98 Å². The van der Waals surface area contributed by atoms with Gasteiger partial charge in [0.25, 0.3) is 0 Å². The number of hydrogen-bond acceptors (Lipinski definition) is 3. The first kappa shape index (κ1) is 27.2. The molecule has 7 aromatic carbocycles. The molecule has 8 aromatic rings. The summed E-state index contributed by atoms with van der Waals surface area (Å²) >= 11 is 0. The lowest BCUT2D eigenvalue weighted by Crippen LogP contribution is -2.54. The number of nitrogens with zero attached hydrogens (tertiary/aromatic N) is 2. The smallest absolute Gasteiger partial charge is 0.177 e. The summed E-state index contributed by atoms with van der Waals surface area (Å²) in [5.41, 5.74) is 8.20. The van der Waals surface area contributed by atoms with Crippen LogP contribution in [-0.4, -0.2) is 49.0 Å². The van der Waals surface area contributed by atoms with Crippen molar-refractivity contribution < 1.29 is 10.2 Å². The van der Waals surface area contributed by atoms with Crippen LogP contribution in [0.3, 0.4) is 0 Å². The van der Waals surface area contributed by atoms with Gasteiger partial charge >= 0.3 is 0 Å². The summed E-state index contributed by atoms with van der Waals surface area (Å²) in [6.07, 6.45) is 0. The summed E-state index contributed by atoms with van der Waals surface area (Å²) in [6.45, 7) is 0. The number of para-hydroxylation sites is 2. The van der Waals surface area contributed by atoms with Gasteiger partial charge < -0.3 is 10.2 Å². The molecule has 9 rings (SSSR count). The summed E-state index contributed by atoms with van der Waals surface area (Å²) in [4.78, 5) is 5.05. The van der Waals surface area contributed by atoms with Gasteiger partial charge in [-0.15, -0.1) is 0 Å². The van der Waals surface area contributed by atoms with E-state index in [1.807, 2.05) is 33.9 Å². The highest BCUT2D eigenvalue weighted by molar-refractivity contribution is 6.44. The lowest BCUT2D eigenvalue weighted by atomic mass is 9.45. The quantitative estimate of drug-likeness (QED) is 0.162. The lowest BCUT2D eigenvalue weighted by Gasteiger charge is -2.36. The van der Waals surface area contributed by atoms with Gasteiger partial charge in [0.05, 0.1) is 16.7 Å². The molecule has 7 heteroatoms. The summed E-state index contributed by atoms with van der Waals surface area (Å²) in [7, 11) is 5.12. The van der Waals surface area contributed by atoms with Crippen molar-refractivity contribution in [1.29, 1.82) is 0 Å². The van der Waals surface area contributed by atoms with Crippen LogP contribution in [0.4, 0.5) is 0 Å². The van der Waals surface area contributed by atoms with Crippen LogP contribution >= 0.6 is 0 Å². The highest BCUT2D eigenvalue weighted by Crippen LogP contribution is 2.51. The topological polar surface area (TPSA) is 58.3 Å². The summed E-state index contributed by atoms with van der Waals surface area (Å²) in [5.74, 6) is 0.590. The SMILES string of the molecule is BC(O)(O)C(B)(B)c1nc2ccccc2n1-c1c2ccccc2c(-c2ccc3c4c(cccc24)-c2ccccc2-3)c2ccccc12. The minimum absolute atomic E-state index is 0.590. The molecule has 1 aliphatic carbocycles. The average Bonchev–Trinajstić information content (AvgIpc) is 3.61. The van der Waals surface area contributed by atoms with Crippen molar-refractivity contribution in [3.8, 4) is 39.1 Å². The Morgan fingerprint density at radius 2 is 1.00 bits per heavy atom. The number of benzene rings is 7. The molecule has 0 spiro atoms. The van der Waals surface area contributed by atoms with Crippen molar-refractivity contribution in [2.45, 2.75) is 10.9 Å². The largest absolute Gasteiger partial charge is 0.375 e. The second-order valence-electron chi connectivity index (χ2n) is 13.2. The molecule has 0 atom stereocenters. The van der Waals surface area contributed by atoms with E-state index in [0.29, 0.717) is 5.82 Å². The van der Waals surface area contributed by atoms with Gasteiger partial charge in [0.1, 0.15) is 27.2 Å². The van der Waals surface area contributed by atoms with E-state index in [0.717, 1.165) is 38.3 Å². The van der Waals surface area contributed by atoms with E-state index in [4.69, 9.17) is 4.98 Å². The van der Waals surface area contributed by atoms with E-state index < -0.39 is 10.9 Å². The number of aromatic nitrogens is 2. The van der Waals surface area contributed by atoms with Crippen molar-refractivity contribution in [3.63, 3.8) is 0 Å². The van der Waals surface area contributed by atoms with E-state index in [-0.39, 0.29) is 0 Å². The normalized spacial score (nSPS) is 12.8. The third-order valence-electron chi connectivity index (χ3n) is 10.2. The van der Waals surface area contributed by atoms with Crippen molar-refractivity contribution in [3.05, 3.63) is 133 Å². The fourth-order valence-electron chi connectivity index (χ4n) is 7.55. The van der Waals surface area contributed by atoms with Crippen molar-refractivity contribution in [2.24, 2.45) is 0 Å². The Bertz CT molecular complexity index is 2480. The van der Waals surface area contributed by atoms with E-state index in [9.17, 15) is 10.2 Å². The van der Waals surface area contributed by atoms with Gasteiger partial charge in [0.15, 0.2) is 7.85 Å². The Balaban J connectivity index is 1.44. The van der Waals surface area contributed by atoms with Crippen LogP contribution in [0.25, 0.3) is 82.4 Å². The van der Waals surface area contributed by atoms with Crippen LogP contribution in [0.1, 0.15) is 5.82 Å². The predicted octanol–water partition coefficient (Wildman–Crippen LogP) is 5.49. The van der Waals surface area contributed by atoms with Crippen LogP contribution in [0.15, 0.2) is 127 Å². The molecule has 216 valence electrons. The standard InChI is InChI=1S/C39H29B3N2O2/c40-38(41,39(42,45)46)37-43-32-18-7-8-19-33(32)44(37)36-30-14-5-3-12-26(30)35(27-13-4-6-15-31(27)36)29-21-20-28-23-11-2-1-10-22(23)24-16-9-17-25(29)34(24)28/h1-21,45-46H,40-42H2. The fourth-order valence-corrected chi connectivity index (χ4v) is 7.55. The summed E-state index contributed by atoms with van der Waals surface area (Å²) in [5, 5.41) is 27.9. The first-order valence-electron chi connectivity index (χ1n) is 15.8. The van der Waals surface area contributed by atoms with Crippen LogP contribution in [0, 0.1) is 0 Å². The van der Waals surface area contributed by atoms with Crippen molar-refractivity contribution in [2.75, 3.05) is 0 Å². The molecule has 0 radical (unpaired) electrons. The van der Waals surface area contributed by atoms with E-state index >= 15 is 0 Å². The van der Waals surface area contributed by atoms with Crippen LogP contribution in [0.2, 0.25) is 0 Å². The molecule has 0 unspecified atom stereocenters. The van der Waals surface area contributed by atoms with E-state index in [2.05, 4.69) is 114 Å². The lowest BCUT2D eigenvalue weighted by molar-refractivity contribution is -0.100. The number of fused-ring (bicyclic) bond motifs is 6. The Morgan fingerprint density at radius 3 is 1.65 bits per heavy atom. The molecule has 0 fully saturated rings. The van der Waals surface area contributed by atoms with Gasteiger partial charge in [-0.3, -0.25) is 4.57 Å². The van der Waals surface area contributed by atoms with Gasteiger partial charge in [0, 0.05) is 16.0 Å². The number of imidazole rings is 1. The summed E-state index contributed by atoms with van der Waals surface area (Å²) in [6, 6.07) is 45.2. The highest BCUT2D eigenvalue weighted by atomic mass is 16.5. The highest BCUT2D eigenvalue weighted by Gasteiger charge is 2.43. The maximum absolute atomic E-state index is 11.0. The van der Waals surface area contributed by atoms with Gasteiger partial charge in [-0.05, 0) is 67.1 Å². The third-order valence-corrected chi connectivity index (χ3v) is 10.2. The molecule has 0 saturated heterocycles. The van der Waals surface area contributed by atoms with Crippen LogP contribution in [0.5, 0.6) is 0 Å². The zero-order valence-corrected chi connectivity index (χ0v) is 25.9. The Labute approximate surface area is 269 Å². The second kappa shape index (κ2) is 9.46. The predicted molar refractivity (Wildman–Crippen MR) is 198 cm³/mol. The molecule has 0 saturated carbocycles. The van der Waals surface area contributed by atoms with E-state index in [1.54, 1.807) is 0 Å². The van der Waals surface area contributed by atoms with Crippen LogP contribution in [-0.2, 0) is 5.21 Å². The molecule has 1 aromatic heterocycles. The summed E-state index contributed by atoms with van der Waals surface area (Å²) < 4.78 is 2.15. The van der Waals surface area contributed by atoms with E-state index in [1.165, 1.54) is 52.0 Å². The molecule has 1 heterocycles. The first-order valence-corrected chi connectivity index (χ1v) is 15.8. The monoisotopic (exact) mass is 590 g/mol. The molecule has 0 aliphatic heterocycles. The second-order valence-corrected chi connectivity index (χ2v) is 13.2. The molecule has 4 nitrogen and oxygen atoms in total.